The minimum atomic E-state index is -0.534. The van der Waals surface area contributed by atoms with Crippen LogP contribution in [0, 0.1) is 5.82 Å². The van der Waals surface area contributed by atoms with Gasteiger partial charge < -0.3 is 11.1 Å². The van der Waals surface area contributed by atoms with E-state index in [-0.39, 0.29) is 16.1 Å². The molecule has 10 heteroatoms. The summed E-state index contributed by atoms with van der Waals surface area (Å²) >= 11 is 2.35. The first-order valence-corrected chi connectivity index (χ1v) is 8.53. The molecular weight excluding hydrogens is 351 g/mol. The van der Waals surface area contributed by atoms with Gasteiger partial charge in [-0.3, -0.25) is 14.9 Å². The number of hydrogen-bond acceptors (Lipinski definition) is 7. The number of aromatic nitrogens is 3. The number of anilines is 1. The van der Waals surface area contributed by atoms with Gasteiger partial charge in [0.1, 0.15) is 12.1 Å². The fourth-order valence-corrected chi connectivity index (χ4v) is 3.27. The molecule has 7 nitrogen and oxygen atoms in total. The Hall–Kier alpha value is -2.33. The molecule has 3 rings (SSSR count). The van der Waals surface area contributed by atoms with Crippen LogP contribution in [0.25, 0.3) is 0 Å². The van der Waals surface area contributed by atoms with Crippen molar-refractivity contribution in [1.82, 2.24) is 20.5 Å². The SMILES string of the molecule is CC1=CSC(NC(=O)c2cc(Sc3ncn[nH]3)c(F)cc2N)=NC1. The monoisotopic (exact) mass is 364 g/mol. The molecule has 0 fully saturated rings. The van der Waals surface area contributed by atoms with Crippen LogP contribution in [0.5, 0.6) is 0 Å². The number of hydrogen-bond donors (Lipinski definition) is 3. The van der Waals surface area contributed by atoms with Crippen LogP contribution in [-0.4, -0.2) is 32.8 Å². The topological polar surface area (TPSA) is 109 Å². The summed E-state index contributed by atoms with van der Waals surface area (Å²) in [4.78, 5) is 20.8. The van der Waals surface area contributed by atoms with Crippen LogP contribution in [0.15, 0.2) is 44.5 Å². The van der Waals surface area contributed by atoms with Crippen molar-refractivity contribution in [2.45, 2.75) is 17.0 Å². The molecular formula is C14H13FN6OS2. The molecule has 0 atom stereocenters. The summed E-state index contributed by atoms with van der Waals surface area (Å²) in [6.45, 7) is 2.49. The molecule has 0 aliphatic carbocycles. The van der Waals surface area contributed by atoms with Crippen LogP contribution in [-0.2, 0) is 0 Å². The molecule has 1 amide bonds. The number of rotatable bonds is 3. The third-order valence-corrected chi connectivity index (χ3v) is 4.91. The Labute approximate surface area is 145 Å². The maximum atomic E-state index is 14.1. The average Bonchev–Trinajstić information content (AvgIpc) is 3.05. The van der Waals surface area contributed by atoms with E-state index in [1.165, 1.54) is 24.2 Å². The standard InChI is InChI=1S/C14H13FN6OS2/c1-7-4-17-13(23-5-7)20-12(22)8-2-11(9(15)3-10(8)16)24-14-18-6-19-21-14/h2-3,5-6H,4,16H2,1H3,(H,17,20,22)(H,18,19,21). The highest BCUT2D eigenvalue weighted by Gasteiger charge is 2.18. The summed E-state index contributed by atoms with van der Waals surface area (Å²) in [5.74, 6) is -0.973. The molecule has 4 N–H and O–H groups in total. The summed E-state index contributed by atoms with van der Waals surface area (Å²) in [5, 5.41) is 11.8. The van der Waals surface area contributed by atoms with Crippen molar-refractivity contribution < 1.29 is 9.18 Å². The van der Waals surface area contributed by atoms with E-state index in [0.717, 1.165) is 23.4 Å². The second-order valence-electron chi connectivity index (χ2n) is 4.92. The van der Waals surface area contributed by atoms with Gasteiger partial charge in [0, 0.05) is 5.69 Å². The molecule has 0 unspecified atom stereocenters. The Morgan fingerprint density at radius 2 is 2.33 bits per heavy atom. The van der Waals surface area contributed by atoms with Crippen LogP contribution in [0.3, 0.4) is 0 Å². The molecule has 24 heavy (non-hydrogen) atoms. The van der Waals surface area contributed by atoms with Crippen LogP contribution in [0.1, 0.15) is 17.3 Å². The summed E-state index contributed by atoms with van der Waals surface area (Å²) in [5.41, 5.74) is 7.13. The number of H-pyrrole nitrogens is 1. The Bertz CT molecular complexity index is 834. The van der Waals surface area contributed by atoms with E-state index < -0.39 is 11.7 Å². The van der Waals surface area contributed by atoms with E-state index in [2.05, 4.69) is 25.5 Å². The molecule has 2 heterocycles. The number of amides is 1. The zero-order chi connectivity index (χ0) is 17.1. The first-order valence-electron chi connectivity index (χ1n) is 6.83. The van der Waals surface area contributed by atoms with E-state index in [9.17, 15) is 9.18 Å². The molecule has 1 aliphatic rings. The van der Waals surface area contributed by atoms with Crippen molar-refractivity contribution in [1.29, 1.82) is 0 Å². The number of halogens is 1. The first-order chi connectivity index (χ1) is 11.5. The van der Waals surface area contributed by atoms with Crippen molar-refractivity contribution in [2.24, 2.45) is 4.99 Å². The highest BCUT2D eigenvalue weighted by atomic mass is 32.2. The highest BCUT2D eigenvalue weighted by Crippen LogP contribution is 2.30. The number of carbonyl (C=O) groups is 1. The number of nitrogens with one attached hydrogen (secondary N) is 2. The van der Waals surface area contributed by atoms with Crippen LogP contribution in [0.2, 0.25) is 0 Å². The van der Waals surface area contributed by atoms with Crippen molar-refractivity contribution in [3.8, 4) is 0 Å². The minimum absolute atomic E-state index is 0.0556. The molecule has 0 spiro atoms. The second-order valence-corrected chi connectivity index (χ2v) is 6.81. The molecule has 0 bridgehead atoms. The summed E-state index contributed by atoms with van der Waals surface area (Å²) < 4.78 is 14.1. The molecule has 1 aromatic heterocycles. The van der Waals surface area contributed by atoms with E-state index >= 15 is 0 Å². The third kappa shape index (κ3) is 3.77. The van der Waals surface area contributed by atoms with Gasteiger partial charge in [-0.05, 0) is 41.8 Å². The second kappa shape index (κ2) is 7.05. The number of thioether (sulfide) groups is 1. The van der Waals surface area contributed by atoms with Gasteiger partial charge in [0.05, 0.1) is 17.0 Å². The van der Waals surface area contributed by atoms with E-state index in [4.69, 9.17) is 5.73 Å². The van der Waals surface area contributed by atoms with Crippen LogP contribution < -0.4 is 11.1 Å². The van der Waals surface area contributed by atoms with E-state index in [0.29, 0.717) is 16.9 Å². The largest absolute Gasteiger partial charge is 0.398 e. The smallest absolute Gasteiger partial charge is 0.259 e. The number of amidine groups is 1. The van der Waals surface area contributed by atoms with E-state index in [1.54, 1.807) is 0 Å². The predicted octanol–water partition coefficient (Wildman–Crippen LogP) is 2.41. The fourth-order valence-electron chi connectivity index (χ4n) is 1.85. The molecule has 0 radical (unpaired) electrons. The number of aliphatic imine (C=N–C) groups is 1. The van der Waals surface area contributed by atoms with Crippen LogP contribution in [0.4, 0.5) is 10.1 Å². The Kier molecular flexibility index (Phi) is 4.86. The maximum Gasteiger partial charge on any atom is 0.259 e. The molecule has 1 aliphatic heterocycles. The summed E-state index contributed by atoms with van der Waals surface area (Å²) in [6, 6.07) is 2.51. The van der Waals surface area contributed by atoms with Gasteiger partial charge in [-0.15, -0.1) is 0 Å². The number of benzene rings is 1. The normalized spacial score (nSPS) is 14.1. The number of nitrogen functional groups attached to an aromatic ring is 1. The fraction of sp³-hybridized carbons (Fsp3) is 0.143. The molecule has 0 saturated carbocycles. The lowest BCUT2D eigenvalue weighted by atomic mass is 10.1. The Morgan fingerprint density at radius 3 is 3.00 bits per heavy atom. The van der Waals surface area contributed by atoms with Crippen molar-refractivity contribution in [3.63, 3.8) is 0 Å². The summed E-state index contributed by atoms with van der Waals surface area (Å²) in [6.07, 6.45) is 1.32. The molecule has 2 aromatic rings. The van der Waals surface area contributed by atoms with Crippen molar-refractivity contribution in [2.75, 3.05) is 12.3 Å². The Morgan fingerprint density at radius 1 is 1.50 bits per heavy atom. The number of nitrogens with zero attached hydrogens (tertiary/aromatic N) is 3. The molecule has 1 aromatic carbocycles. The first kappa shape index (κ1) is 16.5. The lowest BCUT2D eigenvalue weighted by Crippen LogP contribution is -2.30. The lowest BCUT2D eigenvalue weighted by molar-refractivity contribution is 0.0978. The molecule has 124 valence electrons. The number of carbonyl (C=O) groups excluding carboxylic acids is 1. The minimum Gasteiger partial charge on any atom is -0.398 e. The van der Waals surface area contributed by atoms with Gasteiger partial charge in [-0.2, -0.15) is 5.10 Å². The van der Waals surface area contributed by atoms with Gasteiger partial charge in [-0.25, -0.2) is 9.37 Å². The zero-order valence-electron chi connectivity index (χ0n) is 12.5. The zero-order valence-corrected chi connectivity index (χ0v) is 14.2. The maximum absolute atomic E-state index is 14.1. The van der Waals surface area contributed by atoms with Gasteiger partial charge >= 0.3 is 0 Å². The number of aromatic amines is 1. The van der Waals surface area contributed by atoms with E-state index in [1.807, 2.05) is 12.3 Å². The van der Waals surface area contributed by atoms with Crippen LogP contribution >= 0.6 is 23.5 Å². The highest BCUT2D eigenvalue weighted by molar-refractivity contribution is 8.16. The molecule has 0 saturated heterocycles. The van der Waals surface area contributed by atoms with Gasteiger partial charge in [0.15, 0.2) is 10.3 Å². The lowest BCUT2D eigenvalue weighted by Gasteiger charge is -2.13. The number of nitrogens with two attached hydrogens (primary N) is 1. The van der Waals surface area contributed by atoms with Gasteiger partial charge in [0.25, 0.3) is 5.91 Å². The van der Waals surface area contributed by atoms with Gasteiger partial charge in [0.2, 0.25) is 0 Å². The quantitative estimate of drug-likeness (QED) is 0.722. The van der Waals surface area contributed by atoms with Crippen molar-refractivity contribution >= 4 is 40.3 Å². The third-order valence-electron chi connectivity index (χ3n) is 3.01. The van der Waals surface area contributed by atoms with Crippen molar-refractivity contribution in [3.05, 3.63) is 40.8 Å². The Balaban J connectivity index is 1.80. The predicted molar refractivity (Wildman–Crippen MR) is 92.4 cm³/mol. The van der Waals surface area contributed by atoms with Gasteiger partial charge in [-0.1, -0.05) is 11.8 Å². The summed E-state index contributed by atoms with van der Waals surface area (Å²) in [7, 11) is 0. The average molecular weight is 364 g/mol.